The van der Waals surface area contributed by atoms with Crippen LogP contribution in [0.3, 0.4) is 0 Å². The van der Waals surface area contributed by atoms with Crippen LogP contribution in [0.25, 0.3) is 0 Å². The van der Waals surface area contributed by atoms with E-state index in [1.165, 1.54) is 38.8 Å². The van der Waals surface area contributed by atoms with Gasteiger partial charge in [-0.3, -0.25) is 4.79 Å². The van der Waals surface area contributed by atoms with Gasteiger partial charge in [-0.25, -0.2) is 0 Å². The van der Waals surface area contributed by atoms with Crippen molar-refractivity contribution in [1.29, 1.82) is 0 Å². The third-order valence-corrected chi connectivity index (χ3v) is 4.63. The molecule has 0 radical (unpaired) electrons. The van der Waals surface area contributed by atoms with Gasteiger partial charge in [-0.15, -0.1) is 0 Å². The van der Waals surface area contributed by atoms with Crippen molar-refractivity contribution in [3.05, 3.63) is 0 Å². The van der Waals surface area contributed by atoms with E-state index in [4.69, 9.17) is 0 Å². The van der Waals surface area contributed by atoms with Crippen LogP contribution < -0.4 is 0 Å². The van der Waals surface area contributed by atoms with Crippen molar-refractivity contribution < 1.29 is 9.90 Å². The van der Waals surface area contributed by atoms with Crippen LogP contribution in [0.5, 0.6) is 0 Å². The van der Waals surface area contributed by atoms with Crippen LogP contribution >= 0.6 is 0 Å². The molecule has 0 unspecified atom stereocenters. The molecule has 22 heavy (non-hydrogen) atoms. The Morgan fingerprint density at radius 1 is 0.909 bits per heavy atom. The van der Waals surface area contributed by atoms with E-state index in [1.54, 1.807) is 0 Å². The molecule has 2 rings (SSSR count). The van der Waals surface area contributed by atoms with Gasteiger partial charge in [-0.05, 0) is 38.8 Å². The first-order valence-electron chi connectivity index (χ1n) is 9.30. The van der Waals surface area contributed by atoms with Crippen molar-refractivity contribution in [3.8, 4) is 0 Å². The van der Waals surface area contributed by atoms with Crippen molar-refractivity contribution in [3.63, 3.8) is 0 Å². The van der Waals surface area contributed by atoms with Gasteiger partial charge in [0.1, 0.15) is 5.78 Å². The largest absolute Gasteiger partial charge is 0.393 e. The number of carbonyl (C=O) groups excluding carboxylic acids is 1. The molecule has 2 aliphatic heterocycles. The third kappa shape index (κ3) is 8.86. The number of piperidine rings is 2. The highest BCUT2D eigenvalue weighted by Gasteiger charge is 2.15. The molecule has 0 aliphatic carbocycles. The Hall–Kier alpha value is -0.450. The number of aliphatic hydroxyl groups is 1. The number of carbonyl (C=O) groups is 1. The summed E-state index contributed by atoms with van der Waals surface area (Å²) in [5.74, 6) is 0.442. The lowest BCUT2D eigenvalue weighted by Crippen LogP contribution is -2.36. The van der Waals surface area contributed by atoms with E-state index >= 15 is 0 Å². The van der Waals surface area contributed by atoms with Gasteiger partial charge in [0.05, 0.1) is 6.10 Å². The quantitative estimate of drug-likeness (QED) is 0.819. The summed E-state index contributed by atoms with van der Waals surface area (Å²) in [7, 11) is 0. The summed E-state index contributed by atoms with van der Waals surface area (Å²) >= 11 is 0. The van der Waals surface area contributed by atoms with Crippen LogP contribution in [-0.4, -0.2) is 66.1 Å². The van der Waals surface area contributed by atoms with E-state index in [2.05, 4.69) is 23.6 Å². The molecule has 1 N–H and O–H groups in total. The lowest BCUT2D eigenvalue weighted by atomic mass is 10.1. The maximum Gasteiger partial charge on any atom is 0.135 e. The fourth-order valence-electron chi connectivity index (χ4n) is 2.93. The number of hydrogen-bond donors (Lipinski definition) is 1. The highest BCUT2D eigenvalue weighted by Crippen LogP contribution is 2.10. The predicted octanol–water partition coefficient (Wildman–Crippen LogP) is 2.69. The number of Topliss-reactive ketones (excluding diaryl/α,β-unsaturated/α-hetero) is 1. The number of nitrogens with zero attached hydrogens (tertiary/aromatic N) is 2. The molecule has 0 aromatic heterocycles. The van der Waals surface area contributed by atoms with Gasteiger partial charge >= 0.3 is 0 Å². The average molecular weight is 312 g/mol. The van der Waals surface area contributed by atoms with E-state index < -0.39 is 0 Å². The van der Waals surface area contributed by atoms with E-state index in [1.807, 2.05) is 0 Å². The zero-order valence-electron chi connectivity index (χ0n) is 14.7. The summed E-state index contributed by atoms with van der Waals surface area (Å²) in [6.45, 7) is 11.0. The third-order valence-electron chi connectivity index (χ3n) is 4.63. The smallest absolute Gasteiger partial charge is 0.135 e. The SMILES string of the molecule is CCCCN1CCC(=O)CC1.CCCCN1CCC(O)CC1. The number of likely N-dealkylation sites (tertiary alicyclic amines) is 2. The van der Waals surface area contributed by atoms with Gasteiger partial charge in [0.2, 0.25) is 0 Å². The molecule has 0 saturated carbocycles. The van der Waals surface area contributed by atoms with E-state index in [-0.39, 0.29) is 6.10 Å². The van der Waals surface area contributed by atoms with Gasteiger partial charge < -0.3 is 14.9 Å². The molecule has 2 heterocycles. The molecule has 130 valence electrons. The van der Waals surface area contributed by atoms with Crippen molar-refractivity contribution in [2.75, 3.05) is 39.3 Å². The lowest BCUT2D eigenvalue weighted by Gasteiger charge is -2.29. The summed E-state index contributed by atoms with van der Waals surface area (Å²) in [6.07, 6.45) is 8.60. The molecular formula is C18H36N2O2. The van der Waals surface area contributed by atoms with Gasteiger partial charge in [0, 0.05) is 39.0 Å². The first kappa shape index (κ1) is 19.6. The van der Waals surface area contributed by atoms with Crippen LogP contribution in [0.4, 0.5) is 0 Å². The minimum absolute atomic E-state index is 0.0205. The number of rotatable bonds is 6. The maximum atomic E-state index is 10.9. The molecule has 0 aromatic rings. The van der Waals surface area contributed by atoms with Gasteiger partial charge in [-0.1, -0.05) is 26.7 Å². The number of hydrogen-bond acceptors (Lipinski definition) is 4. The molecule has 2 aliphatic rings. The van der Waals surface area contributed by atoms with Crippen LogP contribution in [0, 0.1) is 0 Å². The summed E-state index contributed by atoms with van der Waals surface area (Å²) in [5, 5.41) is 9.23. The highest BCUT2D eigenvalue weighted by molar-refractivity contribution is 5.79. The average Bonchev–Trinajstić information content (AvgIpc) is 2.54. The maximum absolute atomic E-state index is 10.9. The minimum Gasteiger partial charge on any atom is -0.393 e. The van der Waals surface area contributed by atoms with Crippen LogP contribution in [-0.2, 0) is 4.79 Å². The fourth-order valence-corrected chi connectivity index (χ4v) is 2.93. The zero-order valence-corrected chi connectivity index (χ0v) is 14.7. The molecule has 0 bridgehead atoms. The lowest BCUT2D eigenvalue weighted by molar-refractivity contribution is -0.121. The Labute approximate surface area is 136 Å². The molecule has 0 atom stereocenters. The van der Waals surface area contributed by atoms with E-state index in [0.29, 0.717) is 5.78 Å². The first-order chi connectivity index (χ1) is 10.7. The molecule has 0 aromatic carbocycles. The minimum atomic E-state index is -0.0205. The Bertz CT molecular complexity index is 276. The second-order valence-corrected chi connectivity index (χ2v) is 6.66. The summed E-state index contributed by atoms with van der Waals surface area (Å²) < 4.78 is 0. The second kappa shape index (κ2) is 12.0. The topological polar surface area (TPSA) is 43.8 Å². The Morgan fingerprint density at radius 2 is 1.36 bits per heavy atom. The summed E-state index contributed by atoms with van der Waals surface area (Å²) in [6, 6.07) is 0. The standard InChI is InChI=1S/C9H19NO.C9H17NO/c2*1-2-3-6-10-7-4-9(11)5-8-10/h9,11H,2-8H2,1H3;2-8H2,1H3. The van der Waals surface area contributed by atoms with Gasteiger partial charge in [0.25, 0.3) is 0 Å². The zero-order chi connectivity index (χ0) is 16.2. The highest BCUT2D eigenvalue weighted by atomic mass is 16.3. The fraction of sp³-hybridized carbons (Fsp3) is 0.944. The van der Waals surface area contributed by atoms with Gasteiger partial charge in [0.15, 0.2) is 0 Å². The molecular weight excluding hydrogens is 276 g/mol. The predicted molar refractivity (Wildman–Crippen MR) is 92.2 cm³/mol. The van der Waals surface area contributed by atoms with Crippen molar-refractivity contribution >= 4 is 5.78 Å². The Kier molecular flexibility index (Phi) is 10.7. The van der Waals surface area contributed by atoms with E-state index in [9.17, 15) is 9.90 Å². The van der Waals surface area contributed by atoms with Crippen molar-refractivity contribution in [1.82, 2.24) is 9.80 Å². The monoisotopic (exact) mass is 312 g/mol. The van der Waals surface area contributed by atoms with Crippen molar-refractivity contribution in [2.24, 2.45) is 0 Å². The van der Waals surface area contributed by atoms with Crippen LogP contribution in [0.2, 0.25) is 0 Å². The molecule has 2 saturated heterocycles. The summed E-state index contributed by atoms with van der Waals surface area (Å²) in [4.78, 5) is 15.7. The van der Waals surface area contributed by atoms with Gasteiger partial charge in [-0.2, -0.15) is 0 Å². The van der Waals surface area contributed by atoms with Crippen molar-refractivity contribution in [2.45, 2.75) is 71.3 Å². The number of unbranched alkanes of at least 4 members (excludes halogenated alkanes) is 2. The van der Waals surface area contributed by atoms with Crippen LogP contribution in [0.15, 0.2) is 0 Å². The Morgan fingerprint density at radius 3 is 1.82 bits per heavy atom. The second-order valence-electron chi connectivity index (χ2n) is 6.66. The normalized spacial score (nSPS) is 21.5. The number of ketones is 1. The first-order valence-corrected chi connectivity index (χ1v) is 9.30. The molecule has 2 fully saturated rings. The molecule has 0 spiro atoms. The van der Waals surface area contributed by atoms with Crippen LogP contribution in [0.1, 0.15) is 65.2 Å². The Balaban J connectivity index is 0.000000220. The molecule has 4 heteroatoms. The van der Waals surface area contributed by atoms with E-state index in [0.717, 1.165) is 51.9 Å². The molecule has 0 amide bonds. The number of aliphatic hydroxyl groups excluding tert-OH is 1. The summed E-state index contributed by atoms with van der Waals surface area (Å²) in [5.41, 5.74) is 0. The molecule has 4 nitrogen and oxygen atoms in total.